The average molecular weight is 443 g/mol. The smallest absolute Gasteiger partial charge is 0.252 e. The number of ether oxygens (including phenoxy) is 2. The molecule has 2 N–H and O–H groups in total. The monoisotopic (exact) mass is 442 g/mol. The van der Waals surface area contributed by atoms with E-state index in [0.717, 1.165) is 17.8 Å². The van der Waals surface area contributed by atoms with Crippen LogP contribution in [0.15, 0.2) is 18.2 Å². The number of hydrogen-bond donors (Lipinski definition) is 2. The molecule has 5 rings (SSSR count). The molecule has 0 heterocycles. The van der Waals surface area contributed by atoms with E-state index in [1.165, 1.54) is 38.5 Å². The summed E-state index contributed by atoms with van der Waals surface area (Å²) in [5.41, 5.74) is 0.643. The predicted molar refractivity (Wildman–Crippen MR) is 124 cm³/mol. The van der Waals surface area contributed by atoms with Gasteiger partial charge in [0, 0.05) is 17.7 Å². The Bertz CT molecular complexity index is 808. The van der Waals surface area contributed by atoms with Crippen molar-refractivity contribution in [1.82, 2.24) is 10.6 Å². The zero-order valence-electron chi connectivity index (χ0n) is 20.1. The molecular weight excluding hydrogens is 404 g/mol. The fourth-order valence-electron chi connectivity index (χ4n) is 6.86. The highest BCUT2D eigenvalue weighted by molar-refractivity contribution is 5.98. The highest BCUT2D eigenvalue weighted by Crippen LogP contribution is 2.61. The molecule has 4 aliphatic carbocycles. The van der Waals surface area contributed by atoms with E-state index < -0.39 is 6.04 Å². The first-order valence-electron chi connectivity index (χ1n) is 12.1. The summed E-state index contributed by atoms with van der Waals surface area (Å²) in [7, 11) is 3.10. The maximum Gasteiger partial charge on any atom is 0.252 e. The maximum atomic E-state index is 13.3. The Hall–Kier alpha value is -2.24. The first-order chi connectivity index (χ1) is 15.2. The average Bonchev–Trinajstić information content (AvgIpc) is 2.75. The molecule has 4 aliphatic rings. The molecule has 0 saturated heterocycles. The van der Waals surface area contributed by atoms with Gasteiger partial charge in [-0.05, 0) is 86.7 Å². The second kappa shape index (κ2) is 8.95. The van der Waals surface area contributed by atoms with Crippen molar-refractivity contribution in [2.75, 3.05) is 14.2 Å². The third kappa shape index (κ3) is 4.46. The summed E-state index contributed by atoms with van der Waals surface area (Å²) in [4.78, 5) is 26.3. The van der Waals surface area contributed by atoms with Crippen molar-refractivity contribution in [1.29, 1.82) is 0 Å². The molecule has 0 unspecified atom stereocenters. The van der Waals surface area contributed by atoms with Crippen molar-refractivity contribution in [2.24, 2.45) is 29.1 Å². The van der Waals surface area contributed by atoms with Gasteiger partial charge in [-0.25, -0.2) is 0 Å². The Morgan fingerprint density at radius 3 is 1.81 bits per heavy atom. The van der Waals surface area contributed by atoms with E-state index in [0.29, 0.717) is 17.1 Å². The van der Waals surface area contributed by atoms with E-state index in [-0.39, 0.29) is 29.2 Å². The van der Waals surface area contributed by atoms with Gasteiger partial charge >= 0.3 is 0 Å². The molecule has 0 aliphatic heterocycles. The van der Waals surface area contributed by atoms with Gasteiger partial charge in [-0.1, -0.05) is 13.8 Å². The SMILES string of the molecule is COc1cc(OC)cc(C(=O)N[C@H](C(=O)N[C@H](C)C23CC4CC(CC(C4)C2)C3)C(C)C)c1. The van der Waals surface area contributed by atoms with E-state index in [1.807, 2.05) is 13.8 Å². The molecule has 6 heteroatoms. The third-order valence-electron chi connectivity index (χ3n) is 8.21. The molecule has 4 fully saturated rings. The number of carbonyl (C=O) groups excluding carboxylic acids is 2. The molecule has 1 aromatic carbocycles. The van der Waals surface area contributed by atoms with E-state index >= 15 is 0 Å². The minimum absolute atomic E-state index is 0.0324. The lowest BCUT2D eigenvalue weighted by atomic mass is 9.48. The highest BCUT2D eigenvalue weighted by Gasteiger charge is 2.53. The molecule has 4 bridgehead atoms. The minimum Gasteiger partial charge on any atom is -0.497 e. The van der Waals surface area contributed by atoms with Crippen LogP contribution in [-0.2, 0) is 4.79 Å². The maximum absolute atomic E-state index is 13.3. The van der Waals surface area contributed by atoms with E-state index in [9.17, 15) is 9.59 Å². The Morgan fingerprint density at radius 2 is 1.38 bits per heavy atom. The van der Waals surface area contributed by atoms with Crippen molar-refractivity contribution in [3.8, 4) is 11.5 Å². The number of amides is 2. The lowest BCUT2D eigenvalue weighted by molar-refractivity contribution is -0.128. The molecule has 0 radical (unpaired) electrons. The van der Waals surface area contributed by atoms with E-state index in [1.54, 1.807) is 32.4 Å². The number of benzene rings is 1. The Balaban J connectivity index is 1.45. The zero-order chi connectivity index (χ0) is 23.0. The Labute approximate surface area is 191 Å². The predicted octanol–water partition coefficient (Wildman–Crippen LogP) is 4.18. The molecule has 2 amide bonds. The topological polar surface area (TPSA) is 76.7 Å². The van der Waals surface area contributed by atoms with Gasteiger partial charge < -0.3 is 20.1 Å². The van der Waals surface area contributed by atoms with Crippen molar-refractivity contribution in [3.05, 3.63) is 23.8 Å². The van der Waals surface area contributed by atoms with Crippen LogP contribution in [0.4, 0.5) is 0 Å². The fourth-order valence-corrected chi connectivity index (χ4v) is 6.86. The summed E-state index contributed by atoms with van der Waals surface area (Å²) in [6.45, 7) is 6.11. The van der Waals surface area contributed by atoms with Gasteiger partial charge in [0.25, 0.3) is 5.91 Å². The van der Waals surface area contributed by atoms with Crippen molar-refractivity contribution in [3.63, 3.8) is 0 Å². The Morgan fingerprint density at radius 1 is 0.875 bits per heavy atom. The van der Waals surface area contributed by atoms with Gasteiger partial charge in [0.2, 0.25) is 5.91 Å². The zero-order valence-corrected chi connectivity index (χ0v) is 20.1. The molecule has 2 atom stereocenters. The number of hydrogen-bond acceptors (Lipinski definition) is 4. The molecule has 4 saturated carbocycles. The summed E-state index contributed by atoms with van der Waals surface area (Å²) in [5, 5.41) is 6.27. The van der Waals surface area contributed by atoms with Crippen LogP contribution in [0.1, 0.15) is 69.7 Å². The molecule has 176 valence electrons. The van der Waals surface area contributed by atoms with Crippen LogP contribution < -0.4 is 20.1 Å². The third-order valence-corrected chi connectivity index (χ3v) is 8.21. The van der Waals surface area contributed by atoms with Gasteiger partial charge in [-0.3, -0.25) is 9.59 Å². The van der Waals surface area contributed by atoms with Crippen LogP contribution in [-0.4, -0.2) is 38.1 Å². The van der Waals surface area contributed by atoms with Crippen LogP contribution in [0.2, 0.25) is 0 Å². The quantitative estimate of drug-likeness (QED) is 0.633. The Kier molecular flexibility index (Phi) is 6.42. The largest absolute Gasteiger partial charge is 0.497 e. The minimum atomic E-state index is -0.601. The molecule has 0 spiro atoms. The summed E-state index contributed by atoms with van der Waals surface area (Å²) < 4.78 is 10.6. The fraction of sp³-hybridized carbons (Fsp3) is 0.692. The van der Waals surface area contributed by atoms with E-state index in [2.05, 4.69) is 17.6 Å². The molecule has 32 heavy (non-hydrogen) atoms. The molecule has 6 nitrogen and oxygen atoms in total. The first kappa shape index (κ1) is 22.9. The lowest BCUT2D eigenvalue weighted by Gasteiger charge is -2.59. The number of carbonyl (C=O) groups is 2. The summed E-state index contributed by atoms with van der Waals surface area (Å²) >= 11 is 0. The van der Waals surface area contributed by atoms with Gasteiger partial charge in [0.15, 0.2) is 0 Å². The van der Waals surface area contributed by atoms with Gasteiger partial charge in [0.05, 0.1) is 14.2 Å². The second-order valence-corrected chi connectivity index (χ2v) is 10.8. The van der Waals surface area contributed by atoms with Crippen LogP contribution in [0, 0.1) is 29.1 Å². The van der Waals surface area contributed by atoms with Gasteiger partial charge in [-0.15, -0.1) is 0 Å². The summed E-state index contributed by atoms with van der Waals surface area (Å²) in [5.74, 6) is 3.16. The standard InChI is InChI=1S/C26H38N2O4/c1-15(2)23(28-24(29)20-9-21(31-4)11-22(10-20)32-5)25(30)27-16(3)26-12-17-6-18(13-26)8-19(7-17)14-26/h9-11,15-19,23H,6-8,12-14H2,1-5H3,(H,27,30)(H,28,29)/t16-,17?,18?,19?,23+,26?/m1/s1. The normalized spacial score (nSPS) is 30.0. The van der Waals surface area contributed by atoms with Gasteiger partial charge in [-0.2, -0.15) is 0 Å². The first-order valence-corrected chi connectivity index (χ1v) is 12.1. The number of rotatable bonds is 8. The van der Waals surface area contributed by atoms with Crippen LogP contribution in [0.25, 0.3) is 0 Å². The van der Waals surface area contributed by atoms with Crippen molar-refractivity contribution >= 4 is 11.8 Å². The van der Waals surface area contributed by atoms with Crippen molar-refractivity contribution < 1.29 is 19.1 Å². The molecular formula is C26H38N2O4. The van der Waals surface area contributed by atoms with Crippen LogP contribution in [0.3, 0.4) is 0 Å². The summed E-state index contributed by atoms with van der Waals surface area (Å²) in [6, 6.07) is 4.56. The number of methoxy groups -OCH3 is 2. The highest BCUT2D eigenvalue weighted by atomic mass is 16.5. The van der Waals surface area contributed by atoms with E-state index in [4.69, 9.17) is 9.47 Å². The van der Waals surface area contributed by atoms with Crippen molar-refractivity contribution in [2.45, 2.75) is 71.4 Å². The summed E-state index contributed by atoms with van der Waals surface area (Å²) in [6.07, 6.45) is 7.87. The second-order valence-electron chi connectivity index (χ2n) is 10.8. The van der Waals surface area contributed by atoms with Crippen LogP contribution in [0.5, 0.6) is 11.5 Å². The number of nitrogens with one attached hydrogen (secondary N) is 2. The lowest BCUT2D eigenvalue weighted by Crippen LogP contribution is -2.59. The molecule has 1 aromatic rings. The van der Waals surface area contributed by atoms with Crippen LogP contribution >= 0.6 is 0 Å². The van der Waals surface area contributed by atoms with Gasteiger partial charge in [0.1, 0.15) is 17.5 Å². The molecule has 0 aromatic heterocycles.